The molecule has 2 aromatic rings. The summed E-state index contributed by atoms with van der Waals surface area (Å²) in [6, 6.07) is 4.10. The quantitative estimate of drug-likeness (QED) is 0.277. The van der Waals surface area contributed by atoms with Gasteiger partial charge in [0.1, 0.15) is 11.5 Å². The van der Waals surface area contributed by atoms with Gasteiger partial charge >= 0.3 is 0 Å². The van der Waals surface area contributed by atoms with Crippen LogP contribution in [0.2, 0.25) is 0 Å². The third kappa shape index (κ3) is 4.97. The van der Waals surface area contributed by atoms with Gasteiger partial charge in [0.25, 0.3) is 0 Å². The van der Waals surface area contributed by atoms with E-state index >= 15 is 0 Å². The number of sulfonamides is 1. The fraction of sp³-hybridized carbons (Fsp3) is 0.250. The van der Waals surface area contributed by atoms with E-state index in [-0.39, 0.29) is 34.7 Å². The number of oxime groups is 1. The number of hydrogen-bond donors (Lipinski definition) is 3. The van der Waals surface area contributed by atoms with Crippen LogP contribution in [0.25, 0.3) is 0 Å². The zero-order valence-electron chi connectivity index (χ0n) is 12.3. The maximum Gasteiger partial charge on any atom is 0.208 e. The van der Waals surface area contributed by atoms with Crippen LogP contribution in [0.15, 0.2) is 32.5 Å². The molecule has 0 amide bonds. The van der Waals surface area contributed by atoms with Crippen LogP contribution in [-0.4, -0.2) is 42.6 Å². The molecule has 24 heavy (non-hydrogen) atoms. The minimum absolute atomic E-state index is 0.0703. The monoisotopic (exact) mass is 421 g/mol. The first kappa shape index (κ1) is 18.3. The number of anilines is 1. The Morgan fingerprint density at radius 2 is 2.21 bits per heavy atom. The van der Waals surface area contributed by atoms with Crippen molar-refractivity contribution in [2.45, 2.75) is 6.42 Å². The Balaban J connectivity index is 2.14. The number of amidine groups is 1. The van der Waals surface area contributed by atoms with E-state index in [0.29, 0.717) is 5.69 Å². The van der Waals surface area contributed by atoms with E-state index in [4.69, 9.17) is 0 Å². The van der Waals surface area contributed by atoms with Crippen molar-refractivity contribution in [1.29, 1.82) is 0 Å². The van der Waals surface area contributed by atoms with Gasteiger partial charge < -0.3 is 10.5 Å². The lowest BCUT2D eigenvalue weighted by atomic mass is 10.2. The van der Waals surface area contributed by atoms with Gasteiger partial charge in [-0.2, -0.15) is 0 Å². The molecule has 0 atom stereocenters. The van der Waals surface area contributed by atoms with Gasteiger partial charge in [0, 0.05) is 18.7 Å². The van der Waals surface area contributed by atoms with Crippen molar-refractivity contribution in [1.82, 2.24) is 15.0 Å². The van der Waals surface area contributed by atoms with E-state index < -0.39 is 15.8 Å². The van der Waals surface area contributed by atoms with Crippen molar-refractivity contribution in [2.75, 3.05) is 18.1 Å². The molecule has 0 aliphatic rings. The average molecular weight is 422 g/mol. The van der Waals surface area contributed by atoms with Crippen LogP contribution in [0.1, 0.15) is 11.4 Å². The lowest BCUT2D eigenvalue weighted by Gasteiger charge is -2.07. The fourth-order valence-corrected chi connectivity index (χ4v) is 2.60. The van der Waals surface area contributed by atoms with Gasteiger partial charge in [-0.25, -0.2) is 22.2 Å². The largest absolute Gasteiger partial charge is 0.409 e. The Kier molecular flexibility index (Phi) is 5.85. The molecular formula is C12H13BrFN5O4S. The lowest BCUT2D eigenvalue weighted by Crippen LogP contribution is -2.25. The Morgan fingerprint density at radius 3 is 2.83 bits per heavy atom. The average Bonchev–Trinajstić information content (AvgIpc) is 2.95. The number of hydrogen-bond acceptors (Lipinski definition) is 7. The molecule has 0 radical (unpaired) electrons. The maximum absolute atomic E-state index is 13.2. The summed E-state index contributed by atoms with van der Waals surface area (Å²) in [4.78, 5) is 0. The molecule has 0 unspecified atom stereocenters. The van der Waals surface area contributed by atoms with Gasteiger partial charge in [-0.15, -0.1) is 0 Å². The van der Waals surface area contributed by atoms with Crippen LogP contribution >= 0.6 is 15.9 Å². The first-order valence-electron chi connectivity index (χ1n) is 6.50. The number of halogens is 2. The molecule has 0 spiro atoms. The van der Waals surface area contributed by atoms with Crippen LogP contribution in [-0.2, 0) is 16.4 Å². The second-order valence-electron chi connectivity index (χ2n) is 4.68. The second kappa shape index (κ2) is 7.68. The molecular weight excluding hydrogens is 409 g/mol. The first-order valence-corrected chi connectivity index (χ1v) is 9.19. The topological polar surface area (TPSA) is 130 Å². The van der Waals surface area contributed by atoms with E-state index in [1.165, 1.54) is 18.2 Å². The molecule has 2 rings (SSSR count). The molecule has 0 bridgehead atoms. The maximum atomic E-state index is 13.2. The highest BCUT2D eigenvalue weighted by molar-refractivity contribution is 9.10. The zero-order valence-corrected chi connectivity index (χ0v) is 14.7. The summed E-state index contributed by atoms with van der Waals surface area (Å²) in [5.74, 6) is -0.525. The summed E-state index contributed by atoms with van der Waals surface area (Å²) >= 11 is 3.04. The highest BCUT2D eigenvalue weighted by Gasteiger charge is 2.18. The van der Waals surface area contributed by atoms with Gasteiger partial charge in [-0.1, -0.05) is 10.3 Å². The SMILES string of the molecule is CS(=O)(=O)NCCc1nonc1C(=NO)Nc1ccc(F)c(Br)c1. The molecule has 0 aliphatic carbocycles. The highest BCUT2D eigenvalue weighted by atomic mass is 79.9. The predicted molar refractivity (Wildman–Crippen MR) is 86.9 cm³/mol. The molecule has 1 heterocycles. The molecule has 0 saturated carbocycles. The molecule has 1 aromatic carbocycles. The van der Waals surface area contributed by atoms with Crippen LogP contribution in [0.4, 0.5) is 10.1 Å². The Bertz CT molecular complexity index is 855. The molecule has 0 saturated heterocycles. The molecule has 9 nitrogen and oxygen atoms in total. The zero-order chi connectivity index (χ0) is 17.7. The van der Waals surface area contributed by atoms with Crippen molar-refractivity contribution < 1.29 is 22.6 Å². The smallest absolute Gasteiger partial charge is 0.208 e. The van der Waals surface area contributed by atoms with Gasteiger partial charge in [-0.3, -0.25) is 0 Å². The van der Waals surface area contributed by atoms with Crippen molar-refractivity contribution in [3.63, 3.8) is 0 Å². The van der Waals surface area contributed by atoms with Gasteiger partial charge in [-0.05, 0) is 39.3 Å². The lowest BCUT2D eigenvalue weighted by molar-refractivity contribution is 0.301. The third-order valence-corrected chi connectivity index (χ3v) is 4.13. The van der Waals surface area contributed by atoms with E-state index in [9.17, 15) is 18.0 Å². The summed E-state index contributed by atoms with van der Waals surface area (Å²) < 4.78 is 42.5. The minimum atomic E-state index is -3.34. The predicted octanol–water partition coefficient (Wildman–Crippen LogP) is 1.31. The fourth-order valence-electron chi connectivity index (χ4n) is 1.75. The number of benzene rings is 1. The van der Waals surface area contributed by atoms with Crippen LogP contribution in [0, 0.1) is 5.82 Å². The van der Waals surface area contributed by atoms with Gasteiger partial charge in [0.05, 0.1) is 10.7 Å². The summed E-state index contributed by atoms with van der Waals surface area (Å²) in [7, 11) is -3.34. The normalized spacial score (nSPS) is 12.4. The van der Waals surface area contributed by atoms with E-state index in [2.05, 4.69) is 46.1 Å². The molecule has 3 N–H and O–H groups in total. The molecule has 0 aliphatic heterocycles. The number of rotatable bonds is 6. The molecule has 12 heteroatoms. The summed E-state index contributed by atoms with van der Waals surface area (Å²) in [6.45, 7) is 0.0703. The third-order valence-electron chi connectivity index (χ3n) is 2.79. The van der Waals surface area contributed by atoms with Crippen molar-refractivity contribution >= 4 is 37.5 Å². The second-order valence-corrected chi connectivity index (χ2v) is 7.37. The standard InChI is InChI=1S/C12H13BrFN5O4S/c1-24(21,22)15-5-4-10-11(19-23-18-10)12(17-20)16-7-2-3-9(14)8(13)6-7/h2-3,6,15,20H,4-5H2,1H3,(H,16,17). The molecule has 0 fully saturated rings. The number of nitrogens with one attached hydrogen (secondary N) is 2. The summed E-state index contributed by atoms with van der Waals surface area (Å²) in [5, 5.41) is 22.3. The van der Waals surface area contributed by atoms with Crippen molar-refractivity contribution in [2.24, 2.45) is 5.16 Å². The Hall–Kier alpha value is -2.05. The Morgan fingerprint density at radius 1 is 1.46 bits per heavy atom. The Labute approximate surface area is 145 Å². The number of nitrogens with zero attached hydrogens (tertiary/aromatic N) is 3. The summed E-state index contributed by atoms with van der Waals surface area (Å²) in [6.07, 6.45) is 1.20. The van der Waals surface area contributed by atoms with E-state index in [1.807, 2.05) is 0 Å². The van der Waals surface area contributed by atoms with Gasteiger partial charge in [0.2, 0.25) is 15.9 Å². The van der Waals surface area contributed by atoms with Crippen LogP contribution < -0.4 is 10.0 Å². The molecule has 130 valence electrons. The highest BCUT2D eigenvalue weighted by Crippen LogP contribution is 2.20. The van der Waals surface area contributed by atoms with E-state index in [0.717, 1.165) is 6.26 Å². The first-order chi connectivity index (χ1) is 11.3. The minimum Gasteiger partial charge on any atom is -0.409 e. The van der Waals surface area contributed by atoms with Crippen LogP contribution in [0.5, 0.6) is 0 Å². The van der Waals surface area contributed by atoms with Crippen LogP contribution in [0.3, 0.4) is 0 Å². The summed E-state index contributed by atoms with van der Waals surface area (Å²) in [5.41, 5.74) is 0.820. The number of aromatic nitrogens is 2. The molecule has 1 aromatic heterocycles. The van der Waals surface area contributed by atoms with Crippen molar-refractivity contribution in [3.8, 4) is 0 Å². The van der Waals surface area contributed by atoms with Crippen molar-refractivity contribution in [3.05, 3.63) is 39.9 Å². The van der Waals surface area contributed by atoms with E-state index in [1.54, 1.807) is 0 Å². The van der Waals surface area contributed by atoms with Gasteiger partial charge in [0.15, 0.2) is 5.69 Å².